The predicted octanol–water partition coefficient (Wildman–Crippen LogP) is 2.45. The summed E-state index contributed by atoms with van der Waals surface area (Å²) in [6.07, 6.45) is 1.78. The van der Waals surface area contributed by atoms with Crippen molar-refractivity contribution in [3.63, 3.8) is 0 Å². The summed E-state index contributed by atoms with van der Waals surface area (Å²) >= 11 is 0. The van der Waals surface area contributed by atoms with Crippen LogP contribution in [0.3, 0.4) is 0 Å². The first kappa shape index (κ1) is 18.4. The lowest BCUT2D eigenvalue weighted by atomic mass is 9.98. The van der Waals surface area contributed by atoms with Crippen LogP contribution < -0.4 is 10.8 Å². The van der Waals surface area contributed by atoms with Gasteiger partial charge in [-0.25, -0.2) is 9.48 Å². The minimum atomic E-state index is -0.588. The third-order valence-corrected chi connectivity index (χ3v) is 4.76. The highest BCUT2D eigenvalue weighted by Crippen LogP contribution is 2.31. The molecule has 0 radical (unpaired) electrons. The Balaban J connectivity index is 1.58. The van der Waals surface area contributed by atoms with Crippen LogP contribution in [0.2, 0.25) is 0 Å². The second kappa shape index (κ2) is 8.35. The highest BCUT2D eigenvalue weighted by atomic mass is 16.6. The summed E-state index contributed by atoms with van der Waals surface area (Å²) < 4.78 is 6.76. The molecule has 3 aromatic rings. The van der Waals surface area contributed by atoms with Crippen LogP contribution in [-0.2, 0) is 21.0 Å². The molecular weight excluding hydrogens is 356 g/mol. The third-order valence-electron chi connectivity index (χ3n) is 4.76. The second-order valence-corrected chi connectivity index (χ2v) is 6.54. The van der Waals surface area contributed by atoms with Gasteiger partial charge < -0.3 is 4.74 Å². The second-order valence-electron chi connectivity index (χ2n) is 6.54. The van der Waals surface area contributed by atoms with Crippen LogP contribution in [0.4, 0.5) is 0 Å². The van der Waals surface area contributed by atoms with E-state index in [0.717, 1.165) is 22.5 Å². The minimum Gasteiger partial charge on any atom is -0.468 e. The number of para-hydroxylation sites is 1. The van der Waals surface area contributed by atoms with Crippen LogP contribution in [0.25, 0.3) is 5.69 Å². The number of nitrogens with one attached hydrogen (secondary N) is 2. The largest absolute Gasteiger partial charge is 0.468 e. The lowest BCUT2D eigenvalue weighted by molar-refractivity contribution is -0.143. The van der Waals surface area contributed by atoms with E-state index in [0.29, 0.717) is 13.2 Å². The van der Waals surface area contributed by atoms with E-state index in [2.05, 4.69) is 15.9 Å². The number of carbonyl (C=O) groups excluding carboxylic acids is 1. The van der Waals surface area contributed by atoms with E-state index in [1.54, 1.807) is 10.9 Å². The fourth-order valence-electron chi connectivity index (χ4n) is 3.36. The number of hydrogen-bond acceptors (Lipinski definition) is 6. The van der Waals surface area contributed by atoms with Gasteiger partial charge in [0.2, 0.25) is 0 Å². The maximum atomic E-state index is 12.3. The Morgan fingerprint density at radius 2 is 1.89 bits per heavy atom. The molecule has 0 aliphatic carbocycles. The molecular formula is C21H22N4O3. The van der Waals surface area contributed by atoms with E-state index in [1.807, 2.05) is 60.7 Å². The van der Waals surface area contributed by atoms with Gasteiger partial charge in [0.05, 0.1) is 37.3 Å². The van der Waals surface area contributed by atoms with Crippen molar-refractivity contribution in [3.8, 4) is 5.69 Å². The molecule has 0 fully saturated rings. The van der Waals surface area contributed by atoms with Gasteiger partial charge in [0, 0.05) is 12.1 Å². The van der Waals surface area contributed by atoms with Crippen molar-refractivity contribution in [2.45, 2.75) is 18.7 Å². The summed E-state index contributed by atoms with van der Waals surface area (Å²) in [4.78, 5) is 18.0. The summed E-state index contributed by atoms with van der Waals surface area (Å²) in [7, 11) is 1.39. The first-order valence-corrected chi connectivity index (χ1v) is 9.13. The number of benzene rings is 2. The highest BCUT2D eigenvalue weighted by molar-refractivity contribution is 5.78. The van der Waals surface area contributed by atoms with Gasteiger partial charge in [-0.1, -0.05) is 48.5 Å². The molecule has 7 heteroatoms. The zero-order chi connectivity index (χ0) is 19.3. The van der Waals surface area contributed by atoms with Gasteiger partial charge in [-0.15, -0.1) is 0 Å². The number of hydrogen-bond donors (Lipinski definition) is 2. The van der Waals surface area contributed by atoms with Crippen LogP contribution in [0.15, 0.2) is 66.9 Å². The normalized spacial score (nSPS) is 18.5. The molecule has 4 rings (SSSR count). The summed E-state index contributed by atoms with van der Waals surface area (Å²) in [5, 5.41) is 7.77. The van der Waals surface area contributed by atoms with Crippen LogP contribution in [0, 0.1) is 0 Å². The average Bonchev–Trinajstić information content (AvgIpc) is 3.20. The van der Waals surface area contributed by atoms with Crippen LogP contribution in [0.1, 0.15) is 28.9 Å². The molecule has 0 bridgehead atoms. The van der Waals surface area contributed by atoms with Gasteiger partial charge in [0.1, 0.15) is 6.04 Å². The quantitative estimate of drug-likeness (QED) is 0.507. The monoisotopic (exact) mass is 378 g/mol. The van der Waals surface area contributed by atoms with Crippen LogP contribution in [-0.4, -0.2) is 29.4 Å². The number of esters is 1. The smallest absolute Gasteiger partial charge is 0.329 e. The molecule has 1 aliphatic heterocycles. The maximum absolute atomic E-state index is 12.3. The van der Waals surface area contributed by atoms with E-state index in [1.165, 1.54) is 7.11 Å². The summed E-state index contributed by atoms with van der Waals surface area (Å²) in [5.74, 6) is -0.345. The number of nitrogens with zero attached hydrogens (tertiary/aromatic N) is 2. The van der Waals surface area contributed by atoms with E-state index < -0.39 is 6.04 Å². The fourth-order valence-corrected chi connectivity index (χ4v) is 3.36. The van der Waals surface area contributed by atoms with Gasteiger partial charge in [0.15, 0.2) is 0 Å². The lowest BCUT2D eigenvalue weighted by Crippen LogP contribution is -2.43. The summed E-state index contributed by atoms with van der Waals surface area (Å²) in [5.41, 5.74) is 6.72. The van der Waals surface area contributed by atoms with Crippen molar-refractivity contribution >= 4 is 5.97 Å². The molecule has 2 unspecified atom stereocenters. The third kappa shape index (κ3) is 3.68. The van der Waals surface area contributed by atoms with Crippen molar-refractivity contribution in [1.82, 2.24) is 20.6 Å². The number of fused-ring (bicyclic) bond motifs is 1. The van der Waals surface area contributed by atoms with Gasteiger partial charge in [-0.3, -0.25) is 10.2 Å². The molecule has 0 saturated carbocycles. The van der Waals surface area contributed by atoms with Crippen LogP contribution in [0.5, 0.6) is 0 Å². The average molecular weight is 378 g/mol. The van der Waals surface area contributed by atoms with E-state index in [9.17, 15) is 4.79 Å². The zero-order valence-electron chi connectivity index (χ0n) is 15.5. The topological polar surface area (TPSA) is 77.4 Å². The Bertz CT molecular complexity index is 927. The van der Waals surface area contributed by atoms with Gasteiger partial charge in [-0.05, 0) is 17.7 Å². The van der Waals surface area contributed by atoms with Gasteiger partial charge in [-0.2, -0.15) is 10.6 Å². The van der Waals surface area contributed by atoms with Crippen LogP contribution >= 0.6 is 0 Å². The Labute approximate surface area is 163 Å². The first-order valence-electron chi connectivity index (χ1n) is 9.13. The van der Waals surface area contributed by atoms with Crippen molar-refractivity contribution in [1.29, 1.82) is 0 Å². The number of rotatable bonds is 6. The molecule has 2 heterocycles. The first-order chi connectivity index (χ1) is 13.8. The standard InChI is InChI=1S/C21H22N4O3/c1-27-21(26)19-20-17(12-23-25(20)16-10-6-3-7-11-16)18(13-22-19)24-28-14-15-8-4-2-5-9-15/h2-12,18-19,22,24H,13-14H2,1H3. The molecule has 144 valence electrons. The molecule has 2 aromatic carbocycles. The summed E-state index contributed by atoms with van der Waals surface area (Å²) in [6.45, 7) is 0.960. The Morgan fingerprint density at radius 3 is 2.61 bits per heavy atom. The Hall–Kier alpha value is -3.00. The molecule has 0 saturated heterocycles. The number of ether oxygens (including phenoxy) is 1. The zero-order valence-corrected chi connectivity index (χ0v) is 15.5. The summed E-state index contributed by atoms with van der Waals surface area (Å²) in [6, 6.07) is 18.9. The molecule has 2 N–H and O–H groups in total. The van der Waals surface area contributed by atoms with Crippen molar-refractivity contribution in [3.05, 3.63) is 83.7 Å². The lowest BCUT2D eigenvalue weighted by Gasteiger charge is -2.29. The number of carbonyl (C=O) groups is 1. The fraction of sp³-hybridized carbons (Fsp3) is 0.238. The molecule has 7 nitrogen and oxygen atoms in total. The number of methoxy groups -OCH3 is 1. The molecule has 1 aromatic heterocycles. The van der Waals surface area contributed by atoms with E-state index >= 15 is 0 Å². The Morgan fingerprint density at radius 1 is 1.18 bits per heavy atom. The van der Waals surface area contributed by atoms with Gasteiger partial charge >= 0.3 is 5.97 Å². The molecule has 0 spiro atoms. The number of hydroxylamine groups is 1. The van der Waals surface area contributed by atoms with E-state index in [-0.39, 0.29) is 12.0 Å². The molecule has 0 amide bonds. The predicted molar refractivity (Wildman–Crippen MR) is 103 cm³/mol. The number of aromatic nitrogens is 2. The minimum absolute atomic E-state index is 0.142. The van der Waals surface area contributed by atoms with E-state index in [4.69, 9.17) is 9.57 Å². The van der Waals surface area contributed by atoms with Gasteiger partial charge in [0.25, 0.3) is 0 Å². The maximum Gasteiger partial charge on any atom is 0.329 e. The molecule has 2 atom stereocenters. The molecule has 28 heavy (non-hydrogen) atoms. The SMILES string of the molecule is COC(=O)C1NCC(NOCc2ccccc2)c2cnn(-c3ccccc3)c21. The Kier molecular flexibility index (Phi) is 5.48. The molecule has 1 aliphatic rings. The van der Waals surface area contributed by atoms with Crippen molar-refractivity contribution in [2.24, 2.45) is 0 Å². The highest BCUT2D eigenvalue weighted by Gasteiger charge is 2.36. The van der Waals surface area contributed by atoms with Crippen molar-refractivity contribution in [2.75, 3.05) is 13.7 Å². The van der Waals surface area contributed by atoms with Crippen molar-refractivity contribution < 1.29 is 14.4 Å².